The van der Waals surface area contributed by atoms with Crippen LogP contribution in [0.25, 0.3) is 0 Å². The van der Waals surface area contributed by atoms with Crippen LogP contribution < -0.4 is 0 Å². The number of rotatable bonds is 6. The van der Waals surface area contributed by atoms with E-state index in [1.54, 1.807) is 0 Å². The summed E-state index contributed by atoms with van der Waals surface area (Å²) in [5.41, 5.74) is 4.98. The van der Waals surface area contributed by atoms with Gasteiger partial charge in [0.15, 0.2) is 0 Å². The Balaban J connectivity index is 1.43. The minimum Gasteiger partial charge on any atom is -0.507 e. The van der Waals surface area contributed by atoms with Gasteiger partial charge in [-0.05, 0) is 89.9 Å². The summed E-state index contributed by atoms with van der Waals surface area (Å²) in [6.45, 7) is 6.74. The monoisotopic (exact) mass is 507 g/mol. The van der Waals surface area contributed by atoms with Crippen LogP contribution >= 0.6 is 0 Å². The van der Waals surface area contributed by atoms with Crippen LogP contribution in [0.1, 0.15) is 99.3 Å². The zero-order chi connectivity index (χ0) is 26.5. The minimum absolute atomic E-state index is 0.0459. The van der Waals surface area contributed by atoms with Gasteiger partial charge in [-0.3, -0.25) is 4.99 Å². The molecule has 2 N–H and O–H groups in total. The molecule has 0 saturated heterocycles. The zero-order valence-electron chi connectivity index (χ0n) is 23.0. The van der Waals surface area contributed by atoms with Crippen LogP contribution in [0.4, 0.5) is 0 Å². The van der Waals surface area contributed by atoms with E-state index >= 15 is 0 Å². The average Bonchev–Trinajstić information content (AvgIpc) is 2.89. The van der Waals surface area contributed by atoms with Crippen molar-refractivity contribution in [2.75, 3.05) is 0 Å². The van der Waals surface area contributed by atoms with Crippen molar-refractivity contribution >= 4 is 6.21 Å². The van der Waals surface area contributed by atoms with E-state index < -0.39 is 12.1 Å². The molecule has 3 heteroatoms. The molecule has 4 saturated carbocycles. The van der Waals surface area contributed by atoms with Gasteiger partial charge in [-0.2, -0.15) is 0 Å². The van der Waals surface area contributed by atoms with Crippen LogP contribution in [-0.2, 0) is 10.8 Å². The zero-order valence-corrected chi connectivity index (χ0v) is 23.0. The highest BCUT2D eigenvalue weighted by Gasteiger charge is 2.52. The van der Waals surface area contributed by atoms with E-state index in [1.807, 2.05) is 66.9 Å². The van der Waals surface area contributed by atoms with Crippen molar-refractivity contribution in [1.29, 1.82) is 0 Å². The smallest absolute Gasteiger partial charge is 0.128 e. The molecule has 3 nitrogen and oxygen atoms in total. The summed E-state index contributed by atoms with van der Waals surface area (Å²) in [6.07, 6.45) is 8.78. The average molecular weight is 508 g/mol. The first kappa shape index (κ1) is 25.4. The largest absolute Gasteiger partial charge is 0.507 e. The lowest BCUT2D eigenvalue weighted by Gasteiger charge is -2.57. The molecule has 4 fully saturated rings. The van der Waals surface area contributed by atoms with Gasteiger partial charge < -0.3 is 10.2 Å². The number of aliphatic hydroxyl groups is 1. The molecule has 0 aliphatic heterocycles. The van der Waals surface area contributed by atoms with Crippen molar-refractivity contribution in [2.24, 2.45) is 22.7 Å². The number of hydrogen-bond acceptors (Lipinski definition) is 3. The van der Waals surface area contributed by atoms with Gasteiger partial charge in [-0.1, -0.05) is 87.5 Å². The summed E-state index contributed by atoms with van der Waals surface area (Å²) in [5.74, 6) is 2.81. The van der Waals surface area contributed by atoms with E-state index in [1.165, 1.54) is 44.1 Å². The van der Waals surface area contributed by atoms with E-state index in [4.69, 9.17) is 4.99 Å². The SMILES string of the molecule is CC(C)(C)c1cc(C=N[C@@H](c2ccccc2)[C@H](O)c2ccccc2)c(O)c(C23CC4CC(CC(C4)C2)C3)c1. The Morgan fingerprint density at radius 3 is 1.87 bits per heavy atom. The molecule has 4 aliphatic carbocycles. The Hall–Kier alpha value is -2.91. The summed E-state index contributed by atoms with van der Waals surface area (Å²) < 4.78 is 0. The van der Waals surface area contributed by atoms with E-state index in [2.05, 4.69) is 32.9 Å². The Kier molecular flexibility index (Phi) is 6.46. The quantitative estimate of drug-likeness (QED) is 0.332. The molecule has 7 rings (SSSR count). The molecule has 0 unspecified atom stereocenters. The van der Waals surface area contributed by atoms with Gasteiger partial charge in [0, 0.05) is 17.3 Å². The molecule has 198 valence electrons. The lowest BCUT2D eigenvalue weighted by molar-refractivity contribution is -0.00619. The maximum atomic E-state index is 11.8. The van der Waals surface area contributed by atoms with Crippen molar-refractivity contribution in [2.45, 2.75) is 82.3 Å². The molecule has 0 amide bonds. The molecular formula is C35H41NO2. The number of phenols is 1. The molecule has 2 atom stereocenters. The first-order valence-electron chi connectivity index (χ1n) is 14.4. The number of aromatic hydroxyl groups is 1. The molecular weight excluding hydrogens is 466 g/mol. The Morgan fingerprint density at radius 1 is 0.816 bits per heavy atom. The number of aliphatic imine (C=N–C) groups is 1. The molecule has 0 heterocycles. The fourth-order valence-electron chi connectivity index (χ4n) is 8.03. The molecule has 0 aromatic heterocycles. The third kappa shape index (κ3) is 4.71. The second kappa shape index (κ2) is 9.68. The third-order valence-electron chi connectivity index (χ3n) is 9.57. The van der Waals surface area contributed by atoms with Crippen LogP contribution in [0.5, 0.6) is 5.75 Å². The maximum Gasteiger partial charge on any atom is 0.128 e. The Morgan fingerprint density at radius 2 is 1.34 bits per heavy atom. The summed E-state index contributed by atoms with van der Waals surface area (Å²) in [5, 5.41) is 23.2. The molecule has 4 bridgehead atoms. The van der Waals surface area contributed by atoms with Crippen molar-refractivity contribution < 1.29 is 10.2 Å². The highest BCUT2D eigenvalue weighted by atomic mass is 16.3. The first-order valence-corrected chi connectivity index (χ1v) is 14.4. The maximum absolute atomic E-state index is 11.8. The van der Waals surface area contributed by atoms with Crippen LogP contribution in [0.15, 0.2) is 77.8 Å². The predicted octanol–water partition coefficient (Wildman–Crippen LogP) is 8.05. The van der Waals surface area contributed by atoms with Gasteiger partial charge in [0.05, 0.1) is 0 Å². The summed E-state index contributed by atoms with van der Waals surface area (Å²) in [6, 6.07) is 23.7. The number of nitrogens with zero attached hydrogens (tertiary/aromatic N) is 1. The predicted molar refractivity (Wildman–Crippen MR) is 155 cm³/mol. The molecule has 0 spiro atoms. The molecule has 3 aromatic rings. The lowest BCUT2D eigenvalue weighted by atomic mass is 9.47. The number of aliphatic hydroxyl groups excluding tert-OH is 1. The first-order chi connectivity index (χ1) is 18.2. The number of phenolic OH excluding ortho intramolecular Hbond substituents is 1. The highest BCUT2D eigenvalue weighted by molar-refractivity contribution is 5.85. The fraction of sp³-hybridized carbons (Fsp3) is 0.457. The second-order valence-corrected chi connectivity index (χ2v) is 13.4. The summed E-state index contributed by atoms with van der Waals surface area (Å²) in [4.78, 5) is 4.98. The van der Waals surface area contributed by atoms with Crippen molar-refractivity contribution in [3.05, 3.63) is 101 Å². The van der Waals surface area contributed by atoms with Gasteiger partial charge in [0.2, 0.25) is 0 Å². The summed E-state index contributed by atoms with van der Waals surface area (Å²) in [7, 11) is 0. The molecule has 38 heavy (non-hydrogen) atoms. The topological polar surface area (TPSA) is 52.8 Å². The van der Waals surface area contributed by atoms with Gasteiger partial charge in [0.1, 0.15) is 17.9 Å². The van der Waals surface area contributed by atoms with Crippen LogP contribution in [0.2, 0.25) is 0 Å². The minimum atomic E-state index is -0.787. The number of hydrogen-bond donors (Lipinski definition) is 2. The van der Waals surface area contributed by atoms with E-state index in [-0.39, 0.29) is 10.8 Å². The van der Waals surface area contributed by atoms with Crippen molar-refractivity contribution in [1.82, 2.24) is 0 Å². The van der Waals surface area contributed by atoms with Crippen molar-refractivity contribution in [3.63, 3.8) is 0 Å². The van der Waals surface area contributed by atoms with Gasteiger partial charge >= 0.3 is 0 Å². The summed E-state index contributed by atoms with van der Waals surface area (Å²) >= 11 is 0. The van der Waals surface area contributed by atoms with Crippen LogP contribution in [0.3, 0.4) is 0 Å². The fourth-order valence-corrected chi connectivity index (χ4v) is 8.03. The second-order valence-electron chi connectivity index (χ2n) is 13.4. The molecule has 3 aromatic carbocycles. The molecule has 0 radical (unpaired) electrons. The standard InChI is InChI=1S/C35H41NO2/c1-34(2,3)29-17-28(32(37)30(18-29)35-19-23-14-24(20-35)16-25(15-23)21-35)22-36-31(26-10-6-4-7-11-26)33(38)27-12-8-5-9-13-27/h4-13,17-18,22-25,31,33,37-38H,14-16,19-21H2,1-3H3/t23?,24?,25?,31-,33+,35?/m0/s1. The van der Waals surface area contributed by atoms with Gasteiger partial charge in [-0.15, -0.1) is 0 Å². The van der Waals surface area contributed by atoms with E-state index in [9.17, 15) is 10.2 Å². The number of benzene rings is 3. The van der Waals surface area contributed by atoms with Crippen molar-refractivity contribution in [3.8, 4) is 5.75 Å². The van der Waals surface area contributed by atoms with E-state index in [0.717, 1.165) is 40.0 Å². The van der Waals surface area contributed by atoms with Gasteiger partial charge in [0.25, 0.3) is 0 Å². The highest BCUT2D eigenvalue weighted by Crippen LogP contribution is 2.62. The van der Waals surface area contributed by atoms with Crippen LogP contribution in [0, 0.1) is 17.8 Å². The lowest BCUT2D eigenvalue weighted by Crippen LogP contribution is -2.48. The Bertz CT molecular complexity index is 1270. The molecule has 4 aliphatic rings. The van der Waals surface area contributed by atoms with Gasteiger partial charge in [-0.25, -0.2) is 0 Å². The van der Waals surface area contributed by atoms with E-state index in [0.29, 0.717) is 5.75 Å². The third-order valence-corrected chi connectivity index (χ3v) is 9.57. The van der Waals surface area contributed by atoms with Crippen LogP contribution in [-0.4, -0.2) is 16.4 Å². The Labute approximate surface area is 227 Å². The normalized spacial score (nSPS) is 28.1.